The van der Waals surface area contributed by atoms with Gasteiger partial charge in [0.1, 0.15) is 0 Å². The van der Waals surface area contributed by atoms with Crippen LogP contribution in [0.3, 0.4) is 0 Å². The summed E-state index contributed by atoms with van der Waals surface area (Å²) in [6, 6.07) is 27.0. The number of rotatable bonds is 4. The Hall–Kier alpha value is -4.20. The fourth-order valence-electron chi connectivity index (χ4n) is 2.77. The first-order chi connectivity index (χ1) is 13.9. The van der Waals surface area contributed by atoms with Crippen LogP contribution in [0.5, 0.6) is 0 Å². The minimum absolute atomic E-state index is 0.552. The quantitative estimate of drug-likeness (QED) is 0.486. The maximum atomic E-state index is 4.44. The molecule has 28 heavy (non-hydrogen) atoms. The normalized spacial score (nSPS) is 10.9. The van der Waals surface area contributed by atoms with Gasteiger partial charge in [0.15, 0.2) is 0 Å². The maximum Gasteiger partial charge on any atom is 0.205 e. The highest BCUT2D eigenvalue weighted by Gasteiger charge is 2.10. The Morgan fingerprint density at radius 1 is 0.464 bits per heavy atom. The molecular weight excluding hydrogens is 352 g/mol. The Labute approximate surface area is 160 Å². The summed E-state index contributed by atoms with van der Waals surface area (Å²) in [5.74, 6) is 1.10. The minimum Gasteiger partial charge on any atom is -0.130 e. The highest BCUT2D eigenvalue weighted by Crippen LogP contribution is 2.20. The third kappa shape index (κ3) is 3.03. The molecule has 0 aliphatic rings. The molecule has 0 radical (unpaired) electrons. The van der Waals surface area contributed by atoms with Gasteiger partial charge in [-0.05, 0) is 34.7 Å². The summed E-state index contributed by atoms with van der Waals surface area (Å²) < 4.78 is 0. The van der Waals surface area contributed by atoms with Crippen molar-refractivity contribution in [2.24, 2.45) is 0 Å². The Balaban J connectivity index is 1.40. The van der Waals surface area contributed by atoms with Gasteiger partial charge in [-0.1, -0.05) is 60.7 Å². The summed E-state index contributed by atoms with van der Waals surface area (Å²) in [5.41, 5.74) is 3.45. The van der Waals surface area contributed by atoms with Crippen LogP contribution in [0.4, 0.5) is 0 Å². The predicted molar refractivity (Wildman–Crippen MR) is 103 cm³/mol. The van der Waals surface area contributed by atoms with Crippen molar-refractivity contribution < 1.29 is 0 Å². The lowest BCUT2D eigenvalue weighted by molar-refractivity contribution is 0.720. The summed E-state index contributed by atoms with van der Waals surface area (Å²) >= 11 is 0. The first kappa shape index (κ1) is 16.0. The van der Waals surface area contributed by atoms with Crippen molar-refractivity contribution >= 4 is 0 Å². The van der Waals surface area contributed by atoms with E-state index in [2.05, 4.69) is 30.8 Å². The van der Waals surface area contributed by atoms with Crippen molar-refractivity contribution in [2.75, 3.05) is 0 Å². The fourth-order valence-corrected chi connectivity index (χ4v) is 2.77. The van der Waals surface area contributed by atoms with E-state index in [-0.39, 0.29) is 0 Å². The number of benzene rings is 3. The van der Waals surface area contributed by atoms with Crippen LogP contribution >= 0.6 is 0 Å². The maximum absolute atomic E-state index is 4.44. The van der Waals surface area contributed by atoms with Crippen molar-refractivity contribution in [3.05, 3.63) is 84.9 Å². The molecule has 2 aromatic heterocycles. The van der Waals surface area contributed by atoms with E-state index in [0.29, 0.717) is 11.6 Å². The number of tetrazole rings is 2. The molecule has 2 heterocycles. The molecule has 0 saturated heterocycles. The lowest BCUT2D eigenvalue weighted by Gasteiger charge is -1.98. The van der Waals surface area contributed by atoms with Crippen LogP contribution in [-0.4, -0.2) is 40.4 Å². The Morgan fingerprint density at radius 2 is 0.857 bits per heavy atom. The Bertz CT molecular complexity index is 1100. The van der Waals surface area contributed by atoms with Gasteiger partial charge in [-0.3, -0.25) is 0 Å². The molecule has 5 rings (SSSR count). The standard InChI is InChI=1S/C20H14N8/c1-3-7-17(8-4-1)27-23-19(21-25-27)15-11-13-16(14-12-15)20-22-26-28(24-20)18-9-5-2-6-10-18/h1-14H. The van der Waals surface area contributed by atoms with Gasteiger partial charge in [0.2, 0.25) is 11.6 Å². The molecule has 0 bridgehead atoms. The molecule has 0 aliphatic carbocycles. The molecular formula is C20H14N8. The van der Waals surface area contributed by atoms with Gasteiger partial charge in [0, 0.05) is 11.1 Å². The molecule has 8 nitrogen and oxygen atoms in total. The summed E-state index contributed by atoms with van der Waals surface area (Å²) in [7, 11) is 0. The third-order valence-corrected chi connectivity index (χ3v) is 4.20. The van der Waals surface area contributed by atoms with E-state index in [0.717, 1.165) is 22.5 Å². The molecule has 0 amide bonds. The average molecular weight is 366 g/mol. The van der Waals surface area contributed by atoms with Crippen LogP contribution in [0.25, 0.3) is 34.2 Å². The second-order valence-electron chi connectivity index (χ2n) is 6.05. The van der Waals surface area contributed by atoms with Crippen molar-refractivity contribution in [1.82, 2.24) is 40.4 Å². The lowest BCUT2D eigenvalue weighted by atomic mass is 10.1. The number of aromatic nitrogens is 8. The van der Waals surface area contributed by atoms with E-state index in [9.17, 15) is 0 Å². The number of hydrogen-bond donors (Lipinski definition) is 0. The van der Waals surface area contributed by atoms with Crippen LogP contribution in [0.2, 0.25) is 0 Å². The molecule has 0 aliphatic heterocycles. The topological polar surface area (TPSA) is 87.2 Å². The SMILES string of the molecule is c1ccc(-n2nnc(-c3ccc(-c4nnn(-c5ccccc5)n4)cc3)n2)cc1. The van der Waals surface area contributed by atoms with Gasteiger partial charge >= 0.3 is 0 Å². The molecule has 0 atom stereocenters. The van der Waals surface area contributed by atoms with E-state index < -0.39 is 0 Å². The fraction of sp³-hybridized carbons (Fsp3) is 0. The number of nitrogens with zero attached hydrogens (tertiary/aromatic N) is 8. The molecule has 0 unspecified atom stereocenters. The van der Waals surface area contributed by atoms with Crippen molar-refractivity contribution in [3.8, 4) is 34.2 Å². The van der Waals surface area contributed by atoms with Gasteiger partial charge in [-0.2, -0.15) is 0 Å². The number of para-hydroxylation sites is 2. The molecule has 3 aromatic carbocycles. The van der Waals surface area contributed by atoms with E-state index in [1.54, 1.807) is 0 Å². The zero-order valence-corrected chi connectivity index (χ0v) is 14.7. The monoisotopic (exact) mass is 366 g/mol. The van der Waals surface area contributed by atoms with Gasteiger partial charge in [-0.15, -0.1) is 30.0 Å². The van der Waals surface area contributed by atoms with Crippen LogP contribution in [0.15, 0.2) is 84.9 Å². The van der Waals surface area contributed by atoms with Crippen LogP contribution < -0.4 is 0 Å². The molecule has 0 spiro atoms. The number of hydrogen-bond acceptors (Lipinski definition) is 6. The van der Waals surface area contributed by atoms with Crippen molar-refractivity contribution in [3.63, 3.8) is 0 Å². The average Bonchev–Trinajstić information content (AvgIpc) is 3.46. The summed E-state index contributed by atoms with van der Waals surface area (Å²) in [6.45, 7) is 0. The third-order valence-electron chi connectivity index (χ3n) is 4.20. The molecule has 5 aromatic rings. The van der Waals surface area contributed by atoms with Gasteiger partial charge in [0.25, 0.3) is 0 Å². The van der Waals surface area contributed by atoms with Gasteiger partial charge in [0.05, 0.1) is 11.4 Å². The molecule has 0 fully saturated rings. The minimum atomic E-state index is 0.552. The van der Waals surface area contributed by atoms with Gasteiger partial charge < -0.3 is 0 Å². The summed E-state index contributed by atoms with van der Waals surface area (Å²) in [6.07, 6.45) is 0. The van der Waals surface area contributed by atoms with E-state index >= 15 is 0 Å². The Kier molecular flexibility index (Phi) is 3.91. The highest BCUT2D eigenvalue weighted by atomic mass is 15.6. The summed E-state index contributed by atoms with van der Waals surface area (Å²) in [5, 5.41) is 25.4. The van der Waals surface area contributed by atoms with E-state index in [4.69, 9.17) is 0 Å². The van der Waals surface area contributed by atoms with Gasteiger partial charge in [-0.25, -0.2) is 0 Å². The van der Waals surface area contributed by atoms with Crippen molar-refractivity contribution in [1.29, 1.82) is 0 Å². The van der Waals surface area contributed by atoms with Crippen LogP contribution in [-0.2, 0) is 0 Å². The van der Waals surface area contributed by atoms with Crippen molar-refractivity contribution in [2.45, 2.75) is 0 Å². The summed E-state index contributed by atoms with van der Waals surface area (Å²) in [4.78, 5) is 3.02. The highest BCUT2D eigenvalue weighted by molar-refractivity contribution is 5.62. The zero-order valence-electron chi connectivity index (χ0n) is 14.7. The molecule has 134 valence electrons. The molecule has 0 N–H and O–H groups in total. The first-order valence-corrected chi connectivity index (χ1v) is 8.68. The second-order valence-corrected chi connectivity index (χ2v) is 6.05. The first-order valence-electron chi connectivity index (χ1n) is 8.68. The second kappa shape index (κ2) is 6.84. The van der Waals surface area contributed by atoms with E-state index in [1.165, 1.54) is 9.59 Å². The molecule has 0 saturated carbocycles. The lowest BCUT2D eigenvalue weighted by Crippen LogP contribution is -1.98. The molecule has 8 heteroatoms. The predicted octanol–water partition coefficient (Wildman–Crippen LogP) is 2.97. The van der Waals surface area contributed by atoms with Crippen LogP contribution in [0.1, 0.15) is 0 Å². The largest absolute Gasteiger partial charge is 0.205 e. The Morgan fingerprint density at radius 3 is 1.25 bits per heavy atom. The van der Waals surface area contributed by atoms with Crippen LogP contribution in [0, 0.1) is 0 Å². The van der Waals surface area contributed by atoms with E-state index in [1.807, 2.05) is 84.9 Å². The smallest absolute Gasteiger partial charge is 0.130 e. The zero-order chi connectivity index (χ0) is 18.8.